The summed E-state index contributed by atoms with van der Waals surface area (Å²) in [5.41, 5.74) is 0.713. The Morgan fingerprint density at radius 3 is 2.72 bits per heavy atom. The van der Waals surface area contributed by atoms with Crippen molar-refractivity contribution >= 4 is 22.4 Å². The van der Waals surface area contributed by atoms with Crippen LogP contribution in [0.15, 0.2) is 17.1 Å². The molecule has 5 rings (SSSR count). The Kier molecular flexibility index (Phi) is 4.38. The fourth-order valence-corrected chi connectivity index (χ4v) is 5.05. The molecule has 1 aliphatic carbocycles. The van der Waals surface area contributed by atoms with Crippen LogP contribution in [0.3, 0.4) is 0 Å². The second kappa shape index (κ2) is 6.83. The molecule has 3 aliphatic rings. The molecule has 1 saturated carbocycles. The number of aromatic nitrogens is 1. The molecule has 0 radical (unpaired) electrons. The first kappa shape index (κ1) is 18.6. The minimum atomic E-state index is -0.465. The van der Waals surface area contributed by atoms with Gasteiger partial charge in [0.25, 0.3) is 0 Å². The average Bonchev–Trinajstić information content (AvgIpc) is 3.45. The van der Waals surface area contributed by atoms with Gasteiger partial charge in [0.1, 0.15) is 5.69 Å². The third-order valence-electron chi connectivity index (χ3n) is 6.64. The smallest absolute Gasteiger partial charge is 0.200 e. The second-order valence-corrected chi connectivity index (χ2v) is 8.57. The van der Waals surface area contributed by atoms with Crippen molar-refractivity contribution in [2.45, 2.75) is 44.7 Å². The van der Waals surface area contributed by atoms with E-state index in [9.17, 15) is 9.59 Å². The first-order valence-corrected chi connectivity index (χ1v) is 10.4. The number of benzene rings is 1. The summed E-state index contributed by atoms with van der Waals surface area (Å²) < 4.78 is 23.1. The second-order valence-electron chi connectivity index (χ2n) is 8.57. The molecule has 2 aliphatic heterocycles. The Hall–Kier alpha value is -2.41. The van der Waals surface area contributed by atoms with E-state index in [1.54, 1.807) is 6.20 Å². The van der Waals surface area contributed by atoms with Crippen LogP contribution < -0.4 is 20.4 Å². The van der Waals surface area contributed by atoms with E-state index in [0.717, 1.165) is 45.3 Å². The molecule has 2 atom stereocenters. The highest BCUT2D eigenvalue weighted by atomic mass is 19.1. The number of Topliss-reactive ketones (excluding diaryl/α,β-unsaturated/α-hetero) is 1. The van der Waals surface area contributed by atoms with E-state index in [2.05, 4.69) is 10.2 Å². The van der Waals surface area contributed by atoms with Gasteiger partial charge in [-0.3, -0.25) is 9.59 Å². The van der Waals surface area contributed by atoms with Gasteiger partial charge in [-0.05, 0) is 51.1 Å². The van der Waals surface area contributed by atoms with Crippen LogP contribution in [-0.4, -0.2) is 43.1 Å². The Labute approximate surface area is 168 Å². The highest BCUT2D eigenvalue weighted by molar-refractivity contribution is 5.99. The van der Waals surface area contributed by atoms with Crippen molar-refractivity contribution in [2.75, 3.05) is 31.6 Å². The van der Waals surface area contributed by atoms with Gasteiger partial charge in [0, 0.05) is 31.4 Å². The monoisotopic (exact) mass is 399 g/mol. The van der Waals surface area contributed by atoms with Crippen molar-refractivity contribution < 1.29 is 13.9 Å². The van der Waals surface area contributed by atoms with Crippen molar-refractivity contribution in [1.29, 1.82) is 0 Å². The zero-order chi connectivity index (χ0) is 20.3. The Bertz CT molecular complexity index is 1050. The summed E-state index contributed by atoms with van der Waals surface area (Å²) in [5.74, 6) is 0.129. The molecule has 1 aromatic carbocycles. The minimum absolute atomic E-state index is 0.106. The van der Waals surface area contributed by atoms with E-state index < -0.39 is 11.2 Å². The molecule has 7 heteroatoms. The molecular weight excluding hydrogens is 373 g/mol. The zero-order valence-corrected chi connectivity index (χ0v) is 16.8. The summed E-state index contributed by atoms with van der Waals surface area (Å²) in [6.07, 6.45) is 5.87. The minimum Gasteiger partial charge on any atom is -0.492 e. The third-order valence-corrected chi connectivity index (χ3v) is 6.64. The van der Waals surface area contributed by atoms with E-state index in [-0.39, 0.29) is 22.8 Å². The molecule has 6 nitrogen and oxygen atoms in total. The number of pyridine rings is 1. The molecule has 0 spiro atoms. The van der Waals surface area contributed by atoms with E-state index in [0.29, 0.717) is 28.9 Å². The summed E-state index contributed by atoms with van der Waals surface area (Å²) in [4.78, 5) is 27.0. The standard InChI is InChI=1S/C22H26FN3O3/c1-12(27)16-10-26(14-5-6-14)19-15(21(16)28)8-17(23)20(22(19)29-2)25-9-13-4-3-7-24-18(13)11-25/h8,10,13-14,18,24H,3-7,9,11H2,1-2H3. The van der Waals surface area contributed by atoms with Gasteiger partial charge >= 0.3 is 0 Å². The fourth-order valence-electron chi connectivity index (χ4n) is 5.05. The lowest BCUT2D eigenvalue weighted by Gasteiger charge is -2.25. The van der Waals surface area contributed by atoms with E-state index in [1.807, 2.05) is 4.57 Å². The molecular formula is C22H26FN3O3. The Balaban J connectivity index is 1.73. The molecule has 29 heavy (non-hydrogen) atoms. The lowest BCUT2D eigenvalue weighted by molar-refractivity contribution is 0.101. The Morgan fingerprint density at radius 2 is 2.07 bits per heavy atom. The van der Waals surface area contributed by atoms with E-state index in [4.69, 9.17) is 4.74 Å². The number of ketones is 1. The maximum Gasteiger partial charge on any atom is 0.200 e. The number of piperidine rings is 1. The lowest BCUT2D eigenvalue weighted by Crippen LogP contribution is -2.40. The quantitative estimate of drug-likeness (QED) is 0.801. The van der Waals surface area contributed by atoms with Crippen LogP contribution in [0.5, 0.6) is 5.75 Å². The number of carbonyl (C=O) groups excluding carboxylic acids is 1. The predicted octanol–water partition coefficient (Wildman–Crippen LogP) is 2.87. The first-order chi connectivity index (χ1) is 14.0. The highest BCUT2D eigenvalue weighted by Crippen LogP contribution is 2.45. The number of carbonyl (C=O) groups is 1. The lowest BCUT2D eigenvalue weighted by atomic mass is 9.94. The third kappa shape index (κ3) is 2.94. The van der Waals surface area contributed by atoms with Crippen molar-refractivity contribution in [3.05, 3.63) is 33.9 Å². The van der Waals surface area contributed by atoms with Gasteiger partial charge in [-0.2, -0.15) is 0 Å². The van der Waals surface area contributed by atoms with Crippen LogP contribution in [0.1, 0.15) is 49.0 Å². The van der Waals surface area contributed by atoms with Gasteiger partial charge < -0.3 is 19.5 Å². The number of hydrogen-bond donors (Lipinski definition) is 1. The van der Waals surface area contributed by atoms with Crippen LogP contribution in [0, 0.1) is 11.7 Å². The van der Waals surface area contributed by atoms with Crippen LogP contribution >= 0.6 is 0 Å². The molecule has 1 aromatic heterocycles. The molecule has 3 fully saturated rings. The number of halogens is 1. The number of anilines is 1. The van der Waals surface area contributed by atoms with Crippen LogP contribution in [-0.2, 0) is 0 Å². The largest absolute Gasteiger partial charge is 0.492 e. The number of rotatable bonds is 4. The number of hydrogen-bond acceptors (Lipinski definition) is 5. The maximum absolute atomic E-state index is 15.4. The normalized spacial score (nSPS) is 24.0. The van der Waals surface area contributed by atoms with Crippen LogP contribution in [0.25, 0.3) is 10.9 Å². The van der Waals surface area contributed by atoms with Crippen molar-refractivity contribution in [1.82, 2.24) is 9.88 Å². The van der Waals surface area contributed by atoms with Gasteiger partial charge in [0.2, 0.25) is 0 Å². The summed E-state index contributed by atoms with van der Waals surface area (Å²) in [5, 5.41) is 3.77. The van der Waals surface area contributed by atoms with Crippen molar-refractivity contribution in [3.63, 3.8) is 0 Å². The SMILES string of the molecule is COc1c(N2CC3CCCNC3C2)c(F)cc2c(=O)c(C(C)=O)cn(C3CC3)c12. The molecule has 0 bridgehead atoms. The summed E-state index contributed by atoms with van der Waals surface area (Å²) >= 11 is 0. The summed E-state index contributed by atoms with van der Waals surface area (Å²) in [6, 6.07) is 1.87. The number of ether oxygens (including phenoxy) is 1. The predicted molar refractivity (Wildman–Crippen MR) is 110 cm³/mol. The topological polar surface area (TPSA) is 63.6 Å². The van der Waals surface area contributed by atoms with Crippen molar-refractivity contribution in [3.8, 4) is 5.75 Å². The molecule has 2 saturated heterocycles. The van der Waals surface area contributed by atoms with Crippen molar-refractivity contribution in [2.24, 2.45) is 5.92 Å². The van der Waals surface area contributed by atoms with E-state index >= 15 is 4.39 Å². The molecule has 0 amide bonds. The van der Waals surface area contributed by atoms with Crippen LogP contribution in [0.2, 0.25) is 0 Å². The number of methoxy groups -OCH3 is 1. The van der Waals surface area contributed by atoms with Gasteiger partial charge in [-0.15, -0.1) is 0 Å². The van der Waals surface area contributed by atoms with Gasteiger partial charge in [-0.25, -0.2) is 4.39 Å². The molecule has 2 unspecified atom stereocenters. The fraction of sp³-hybridized carbons (Fsp3) is 0.545. The summed E-state index contributed by atoms with van der Waals surface area (Å²) in [6.45, 7) is 3.88. The van der Waals surface area contributed by atoms with Crippen LogP contribution in [0.4, 0.5) is 10.1 Å². The number of nitrogens with zero attached hydrogens (tertiary/aromatic N) is 2. The van der Waals surface area contributed by atoms with Gasteiger partial charge in [0.15, 0.2) is 22.8 Å². The Morgan fingerprint density at radius 1 is 1.28 bits per heavy atom. The maximum atomic E-state index is 15.4. The first-order valence-electron chi connectivity index (χ1n) is 10.4. The molecule has 154 valence electrons. The molecule has 1 N–H and O–H groups in total. The number of nitrogens with one attached hydrogen (secondary N) is 1. The molecule has 3 heterocycles. The van der Waals surface area contributed by atoms with Gasteiger partial charge in [0.05, 0.1) is 23.6 Å². The summed E-state index contributed by atoms with van der Waals surface area (Å²) in [7, 11) is 1.53. The average molecular weight is 399 g/mol. The zero-order valence-electron chi connectivity index (χ0n) is 16.8. The van der Waals surface area contributed by atoms with E-state index in [1.165, 1.54) is 20.1 Å². The highest BCUT2D eigenvalue weighted by Gasteiger charge is 2.38. The number of fused-ring (bicyclic) bond motifs is 2. The van der Waals surface area contributed by atoms with Gasteiger partial charge in [-0.1, -0.05) is 0 Å². The molecule has 2 aromatic rings.